The van der Waals surface area contributed by atoms with Crippen LogP contribution >= 0.6 is 0 Å². The van der Waals surface area contributed by atoms with Crippen LogP contribution in [0.5, 0.6) is 0 Å². The van der Waals surface area contributed by atoms with E-state index >= 15 is 0 Å². The summed E-state index contributed by atoms with van der Waals surface area (Å²) in [6, 6.07) is 3.79. The van der Waals surface area contributed by atoms with Crippen LogP contribution in [0.1, 0.15) is 13.3 Å². The third-order valence-corrected chi connectivity index (χ3v) is 2.82. The number of nitrogens with one attached hydrogen (secondary N) is 1. The second kappa shape index (κ2) is 5.01. The number of pyridine rings is 1. The summed E-state index contributed by atoms with van der Waals surface area (Å²) in [7, 11) is 0. The van der Waals surface area contributed by atoms with Crippen molar-refractivity contribution in [1.82, 2.24) is 24.7 Å². The first-order chi connectivity index (χ1) is 9.40. The van der Waals surface area contributed by atoms with Crippen LogP contribution in [-0.4, -0.2) is 31.3 Å². The van der Waals surface area contributed by atoms with Crippen LogP contribution in [-0.2, 0) is 0 Å². The monoisotopic (exact) mass is 254 g/mol. The van der Waals surface area contributed by atoms with Crippen LogP contribution in [0.4, 0.5) is 5.82 Å². The van der Waals surface area contributed by atoms with Gasteiger partial charge in [-0.2, -0.15) is 5.10 Å². The van der Waals surface area contributed by atoms with Gasteiger partial charge in [-0.1, -0.05) is 6.92 Å². The molecule has 3 aromatic heterocycles. The highest BCUT2D eigenvalue weighted by Gasteiger charge is 2.10. The minimum Gasteiger partial charge on any atom is -0.369 e. The molecule has 0 bridgehead atoms. The maximum absolute atomic E-state index is 4.38. The summed E-state index contributed by atoms with van der Waals surface area (Å²) in [5.41, 5.74) is 1.73. The van der Waals surface area contributed by atoms with E-state index in [2.05, 4.69) is 32.3 Å². The summed E-state index contributed by atoms with van der Waals surface area (Å²) in [5, 5.41) is 8.59. The molecule has 6 heteroatoms. The van der Waals surface area contributed by atoms with Crippen LogP contribution in [0.25, 0.3) is 16.7 Å². The molecule has 19 heavy (non-hydrogen) atoms. The summed E-state index contributed by atoms with van der Waals surface area (Å²) >= 11 is 0. The van der Waals surface area contributed by atoms with Gasteiger partial charge in [-0.25, -0.2) is 14.6 Å². The Labute approximate surface area is 110 Å². The second-order valence-corrected chi connectivity index (χ2v) is 4.15. The van der Waals surface area contributed by atoms with Crippen molar-refractivity contribution in [1.29, 1.82) is 0 Å². The first kappa shape index (κ1) is 11.6. The number of rotatable bonds is 4. The average molecular weight is 254 g/mol. The van der Waals surface area contributed by atoms with E-state index in [1.165, 1.54) is 0 Å². The van der Waals surface area contributed by atoms with Gasteiger partial charge in [-0.3, -0.25) is 4.98 Å². The fraction of sp³-hybridized carbons (Fsp3) is 0.231. The Hall–Kier alpha value is -2.50. The Balaban J connectivity index is 2.09. The molecular weight excluding hydrogens is 240 g/mol. The third kappa shape index (κ3) is 2.12. The van der Waals surface area contributed by atoms with Gasteiger partial charge in [-0.05, 0) is 18.6 Å². The zero-order chi connectivity index (χ0) is 13.1. The second-order valence-electron chi connectivity index (χ2n) is 4.15. The molecular formula is C13H14N6. The van der Waals surface area contributed by atoms with Crippen molar-refractivity contribution < 1.29 is 0 Å². The van der Waals surface area contributed by atoms with Gasteiger partial charge in [0.1, 0.15) is 12.1 Å². The zero-order valence-corrected chi connectivity index (χ0v) is 10.6. The number of anilines is 1. The molecule has 0 saturated carbocycles. The highest BCUT2D eigenvalue weighted by Crippen LogP contribution is 2.20. The summed E-state index contributed by atoms with van der Waals surface area (Å²) in [6.07, 6.45) is 7.86. The van der Waals surface area contributed by atoms with Gasteiger partial charge in [0.15, 0.2) is 5.65 Å². The highest BCUT2D eigenvalue weighted by atomic mass is 15.3. The Morgan fingerprint density at radius 3 is 2.84 bits per heavy atom. The van der Waals surface area contributed by atoms with Crippen molar-refractivity contribution in [3.05, 3.63) is 37.1 Å². The molecule has 96 valence electrons. The number of hydrogen-bond acceptors (Lipinski definition) is 5. The van der Waals surface area contributed by atoms with E-state index in [1.807, 2.05) is 12.1 Å². The molecule has 0 radical (unpaired) electrons. The summed E-state index contributed by atoms with van der Waals surface area (Å²) in [4.78, 5) is 12.6. The molecule has 0 aliphatic heterocycles. The van der Waals surface area contributed by atoms with Crippen molar-refractivity contribution in [2.75, 3.05) is 11.9 Å². The molecule has 0 fully saturated rings. The summed E-state index contributed by atoms with van der Waals surface area (Å²) < 4.78 is 1.79. The first-order valence-electron chi connectivity index (χ1n) is 6.23. The van der Waals surface area contributed by atoms with E-state index in [4.69, 9.17) is 0 Å². The summed E-state index contributed by atoms with van der Waals surface area (Å²) in [5.74, 6) is 0.826. The predicted octanol–water partition coefficient (Wildman–Crippen LogP) is 2.03. The Morgan fingerprint density at radius 2 is 2.05 bits per heavy atom. The standard InChI is InChI=1S/C13H14N6/c1-2-5-15-12-11-8-18-19(13(11)17-9-16-12)10-3-6-14-7-4-10/h3-4,6-9H,2,5H2,1H3,(H,15,16,17). The fourth-order valence-corrected chi connectivity index (χ4v) is 1.90. The number of fused-ring (bicyclic) bond motifs is 1. The average Bonchev–Trinajstić information content (AvgIpc) is 2.90. The van der Waals surface area contributed by atoms with E-state index in [0.717, 1.165) is 35.5 Å². The lowest BCUT2D eigenvalue weighted by atomic mass is 10.3. The van der Waals surface area contributed by atoms with E-state index in [1.54, 1.807) is 29.6 Å². The van der Waals surface area contributed by atoms with Crippen LogP contribution < -0.4 is 5.32 Å². The van der Waals surface area contributed by atoms with E-state index in [-0.39, 0.29) is 0 Å². The van der Waals surface area contributed by atoms with Crippen molar-refractivity contribution in [2.24, 2.45) is 0 Å². The molecule has 1 N–H and O–H groups in total. The lowest BCUT2D eigenvalue weighted by Crippen LogP contribution is -2.03. The predicted molar refractivity (Wildman–Crippen MR) is 73.2 cm³/mol. The number of nitrogens with zero attached hydrogens (tertiary/aromatic N) is 5. The van der Waals surface area contributed by atoms with E-state index in [9.17, 15) is 0 Å². The van der Waals surface area contributed by atoms with Crippen LogP contribution in [0.2, 0.25) is 0 Å². The van der Waals surface area contributed by atoms with Gasteiger partial charge >= 0.3 is 0 Å². The number of hydrogen-bond donors (Lipinski definition) is 1. The lowest BCUT2D eigenvalue weighted by Gasteiger charge is -2.05. The molecule has 0 aliphatic carbocycles. The zero-order valence-electron chi connectivity index (χ0n) is 10.6. The van der Waals surface area contributed by atoms with Gasteiger partial charge in [0.2, 0.25) is 0 Å². The Bertz CT molecular complexity index is 676. The molecule has 3 rings (SSSR count). The largest absolute Gasteiger partial charge is 0.369 e. The minimum atomic E-state index is 0.791. The quantitative estimate of drug-likeness (QED) is 0.771. The molecule has 0 amide bonds. The van der Waals surface area contributed by atoms with Gasteiger partial charge in [0, 0.05) is 18.9 Å². The van der Waals surface area contributed by atoms with Crippen LogP contribution in [0.15, 0.2) is 37.1 Å². The SMILES string of the molecule is CCCNc1ncnc2c1cnn2-c1ccncc1. The fourth-order valence-electron chi connectivity index (χ4n) is 1.90. The van der Waals surface area contributed by atoms with E-state index in [0.29, 0.717) is 0 Å². The van der Waals surface area contributed by atoms with Crippen molar-refractivity contribution in [2.45, 2.75) is 13.3 Å². The maximum atomic E-state index is 4.38. The smallest absolute Gasteiger partial charge is 0.168 e. The normalized spacial score (nSPS) is 10.8. The van der Waals surface area contributed by atoms with Crippen molar-refractivity contribution in [3.8, 4) is 5.69 Å². The Morgan fingerprint density at radius 1 is 1.21 bits per heavy atom. The number of aromatic nitrogens is 5. The molecule has 0 aromatic carbocycles. The molecule has 0 atom stereocenters. The molecule has 0 aliphatic rings. The molecule has 0 unspecified atom stereocenters. The van der Waals surface area contributed by atoms with Gasteiger partial charge in [-0.15, -0.1) is 0 Å². The topological polar surface area (TPSA) is 68.5 Å². The van der Waals surface area contributed by atoms with Gasteiger partial charge in [0.25, 0.3) is 0 Å². The first-order valence-corrected chi connectivity index (χ1v) is 6.23. The third-order valence-electron chi connectivity index (χ3n) is 2.82. The Kier molecular flexibility index (Phi) is 3.06. The molecule has 6 nitrogen and oxygen atoms in total. The minimum absolute atomic E-state index is 0.791. The van der Waals surface area contributed by atoms with Gasteiger partial charge in [0.05, 0.1) is 17.3 Å². The molecule has 3 aromatic rings. The van der Waals surface area contributed by atoms with Crippen molar-refractivity contribution in [3.63, 3.8) is 0 Å². The van der Waals surface area contributed by atoms with E-state index < -0.39 is 0 Å². The van der Waals surface area contributed by atoms with Crippen LogP contribution in [0, 0.1) is 0 Å². The maximum Gasteiger partial charge on any atom is 0.168 e. The molecule has 3 heterocycles. The van der Waals surface area contributed by atoms with Gasteiger partial charge < -0.3 is 5.32 Å². The summed E-state index contributed by atoms with van der Waals surface area (Å²) in [6.45, 7) is 3.00. The lowest BCUT2D eigenvalue weighted by molar-refractivity contribution is 0.891. The highest BCUT2D eigenvalue weighted by molar-refractivity contribution is 5.87. The molecule has 0 saturated heterocycles. The van der Waals surface area contributed by atoms with Crippen LogP contribution in [0.3, 0.4) is 0 Å². The molecule has 0 spiro atoms. The van der Waals surface area contributed by atoms with Crippen molar-refractivity contribution >= 4 is 16.9 Å².